The van der Waals surface area contributed by atoms with Crippen LogP contribution < -0.4 is 10.9 Å². The fourth-order valence-corrected chi connectivity index (χ4v) is 1.41. The van der Waals surface area contributed by atoms with E-state index in [1.54, 1.807) is 17.0 Å². The van der Waals surface area contributed by atoms with Crippen molar-refractivity contribution >= 4 is 5.82 Å². The van der Waals surface area contributed by atoms with Gasteiger partial charge in [0, 0.05) is 32.1 Å². The highest BCUT2D eigenvalue weighted by atomic mass is 16.3. The highest BCUT2D eigenvalue weighted by Crippen LogP contribution is 2.02. The van der Waals surface area contributed by atoms with Gasteiger partial charge >= 0.3 is 0 Å². The first kappa shape index (κ1) is 12.7. The van der Waals surface area contributed by atoms with Crippen LogP contribution in [0.5, 0.6) is 0 Å². The Balaban J connectivity index is 2.64. The summed E-state index contributed by atoms with van der Waals surface area (Å²) in [6, 6.07) is 0. The largest absolute Gasteiger partial charge is 0.396 e. The molecule has 1 heterocycles. The molecule has 1 aromatic heterocycles. The zero-order valence-electron chi connectivity index (χ0n) is 9.81. The van der Waals surface area contributed by atoms with E-state index in [0.717, 1.165) is 6.42 Å². The van der Waals surface area contributed by atoms with Crippen LogP contribution in [0.4, 0.5) is 5.82 Å². The maximum Gasteiger partial charge on any atom is 0.293 e. The molecule has 16 heavy (non-hydrogen) atoms. The monoisotopic (exact) mass is 225 g/mol. The summed E-state index contributed by atoms with van der Waals surface area (Å²) in [5, 5.41) is 11.8. The van der Waals surface area contributed by atoms with Gasteiger partial charge in [0.05, 0.1) is 0 Å². The molecule has 0 amide bonds. The number of hydrogen-bond acceptors (Lipinski definition) is 4. The number of aliphatic hydroxyl groups excluding tert-OH is 1. The van der Waals surface area contributed by atoms with Crippen molar-refractivity contribution in [2.45, 2.75) is 26.8 Å². The third-order valence-electron chi connectivity index (χ3n) is 2.49. The molecule has 1 unspecified atom stereocenters. The van der Waals surface area contributed by atoms with E-state index in [9.17, 15) is 4.79 Å². The molecule has 2 N–H and O–H groups in total. The highest BCUT2D eigenvalue weighted by molar-refractivity contribution is 5.30. The van der Waals surface area contributed by atoms with E-state index in [1.165, 1.54) is 0 Å². The molecule has 0 aliphatic rings. The molecule has 0 aromatic carbocycles. The van der Waals surface area contributed by atoms with Gasteiger partial charge in [-0.25, -0.2) is 4.98 Å². The summed E-state index contributed by atoms with van der Waals surface area (Å²) >= 11 is 0. The fourth-order valence-electron chi connectivity index (χ4n) is 1.41. The molecule has 0 spiro atoms. The summed E-state index contributed by atoms with van der Waals surface area (Å²) in [4.78, 5) is 15.8. The van der Waals surface area contributed by atoms with Gasteiger partial charge < -0.3 is 15.0 Å². The number of anilines is 1. The predicted molar refractivity (Wildman–Crippen MR) is 63.5 cm³/mol. The van der Waals surface area contributed by atoms with E-state index >= 15 is 0 Å². The average Bonchev–Trinajstić information content (AvgIpc) is 2.28. The van der Waals surface area contributed by atoms with Gasteiger partial charge in [-0.15, -0.1) is 0 Å². The van der Waals surface area contributed by atoms with Gasteiger partial charge in [0.25, 0.3) is 5.56 Å². The average molecular weight is 225 g/mol. The Hall–Kier alpha value is -1.36. The Bertz CT molecular complexity index is 376. The lowest BCUT2D eigenvalue weighted by Gasteiger charge is -2.11. The third kappa shape index (κ3) is 3.34. The van der Waals surface area contributed by atoms with Crippen molar-refractivity contribution in [1.82, 2.24) is 9.55 Å². The van der Waals surface area contributed by atoms with Crippen LogP contribution in [0.15, 0.2) is 17.2 Å². The molecule has 90 valence electrons. The first-order valence-corrected chi connectivity index (χ1v) is 5.59. The number of nitrogens with zero attached hydrogens (tertiary/aromatic N) is 2. The normalized spacial score (nSPS) is 12.4. The molecule has 0 saturated carbocycles. The summed E-state index contributed by atoms with van der Waals surface area (Å²) in [5.41, 5.74) is -0.0961. The molecular weight excluding hydrogens is 206 g/mol. The van der Waals surface area contributed by atoms with Crippen LogP contribution in [0, 0.1) is 5.92 Å². The van der Waals surface area contributed by atoms with Crippen molar-refractivity contribution in [3.05, 3.63) is 22.7 Å². The minimum absolute atomic E-state index is 0.0961. The summed E-state index contributed by atoms with van der Waals surface area (Å²) < 4.78 is 1.60. The second-order valence-electron chi connectivity index (χ2n) is 3.87. The van der Waals surface area contributed by atoms with Gasteiger partial charge in [0.2, 0.25) is 0 Å². The lowest BCUT2D eigenvalue weighted by Crippen LogP contribution is -2.25. The maximum absolute atomic E-state index is 11.8. The standard InChI is InChI=1S/C11H19N3O2/c1-3-14-6-5-12-10(11(14)16)13-8-9(2)4-7-15/h5-6,9,15H,3-4,7-8H2,1-2H3,(H,12,13). The summed E-state index contributed by atoms with van der Waals surface area (Å²) in [6.45, 7) is 5.40. The van der Waals surface area contributed by atoms with E-state index in [0.29, 0.717) is 24.8 Å². The second kappa shape index (κ2) is 6.27. The Morgan fingerprint density at radius 3 is 3.00 bits per heavy atom. The summed E-state index contributed by atoms with van der Waals surface area (Å²) in [6.07, 6.45) is 4.01. The van der Waals surface area contributed by atoms with Gasteiger partial charge in [-0.2, -0.15) is 0 Å². The molecule has 1 rings (SSSR count). The van der Waals surface area contributed by atoms with Gasteiger partial charge in [-0.3, -0.25) is 4.79 Å². The van der Waals surface area contributed by atoms with Gasteiger partial charge in [-0.05, 0) is 19.3 Å². The van der Waals surface area contributed by atoms with Gasteiger partial charge in [-0.1, -0.05) is 6.92 Å². The Morgan fingerprint density at radius 2 is 2.38 bits per heavy atom. The van der Waals surface area contributed by atoms with Gasteiger partial charge in [0.15, 0.2) is 5.82 Å². The molecule has 1 aromatic rings. The molecule has 0 bridgehead atoms. The van der Waals surface area contributed by atoms with Crippen molar-refractivity contribution in [2.24, 2.45) is 5.92 Å². The number of rotatable bonds is 6. The number of nitrogens with one attached hydrogen (secondary N) is 1. The fraction of sp³-hybridized carbons (Fsp3) is 0.636. The van der Waals surface area contributed by atoms with Crippen LogP contribution >= 0.6 is 0 Å². The number of aryl methyl sites for hydroxylation is 1. The maximum atomic E-state index is 11.8. The third-order valence-corrected chi connectivity index (χ3v) is 2.49. The Labute approximate surface area is 95.1 Å². The van der Waals surface area contributed by atoms with Crippen LogP contribution in [-0.2, 0) is 6.54 Å². The number of aliphatic hydroxyl groups is 1. The van der Waals surface area contributed by atoms with Gasteiger partial charge in [0.1, 0.15) is 0 Å². The van der Waals surface area contributed by atoms with Crippen LogP contribution in [-0.4, -0.2) is 27.8 Å². The number of hydrogen-bond donors (Lipinski definition) is 2. The topological polar surface area (TPSA) is 67.2 Å². The molecule has 5 nitrogen and oxygen atoms in total. The first-order valence-electron chi connectivity index (χ1n) is 5.59. The zero-order chi connectivity index (χ0) is 12.0. The first-order chi connectivity index (χ1) is 7.69. The van der Waals surface area contributed by atoms with Crippen molar-refractivity contribution in [1.29, 1.82) is 0 Å². The smallest absolute Gasteiger partial charge is 0.293 e. The van der Waals surface area contributed by atoms with Crippen LogP contribution in [0.2, 0.25) is 0 Å². The molecular formula is C11H19N3O2. The van der Waals surface area contributed by atoms with E-state index in [4.69, 9.17) is 5.11 Å². The molecule has 5 heteroatoms. The minimum Gasteiger partial charge on any atom is -0.396 e. The van der Waals surface area contributed by atoms with Crippen molar-refractivity contribution in [3.63, 3.8) is 0 Å². The second-order valence-corrected chi connectivity index (χ2v) is 3.87. The quantitative estimate of drug-likeness (QED) is 0.747. The minimum atomic E-state index is -0.0961. The molecule has 0 fully saturated rings. The highest BCUT2D eigenvalue weighted by Gasteiger charge is 2.05. The lowest BCUT2D eigenvalue weighted by molar-refractivity contribution is 0.266. The van der Waals surface area contributed by atoms with E-state index in [2.05, 4.69) is 10.3 Å². The lowest BCUT2D eigenvalue weighted by atomic mass is 10.1. The van der Waals surface area contributed by atoms with Crippen molar-refractivity contribution in [2.75, 3.05) is 18.5 Å². The van der Waals surface area contributed by atoms with Crippen LogP contribution in [0.25, 0.3) is 0 Å². The molecule has 0 saturated heterocycles. The molecule has 1 atom stereocenters. The number of aromatic nitrogens is 2. The molecule has 0 aliphatic carbocycles. The summed E-state index contributed by atoms with van der Waals surface area (Å²) in [7, 11) is 0. The molecule has 0 aliphatic heterocycles. The zero-order valence-corrected chi connectivity index (χ0v) is 9.81. The SMILES string of the molecule is CCn1ccnc(NCC(C)CCO)c1=O. The predicted octanol–water partition coefficient (Wildman–Crippen LogP) is 0.694. The Kier molecular flexibility index (Phi) is 4.98. The van der Waals surface area contributed by atoms with Crippen LogP contribution in [0.1, 0.15) is 20.3 Å². The molecule has 0 radical (unpaired) electrons. The van der Waals surface area contributed by atoms with Crippen molar-refractivity contribution in [3.8, 4) is 0 Å². The van der Waals surface area contributed by atoms with E-state index in [-0.39, 0.29) is 12.2 Å². The summed E-state index contributed by atoms with van der Waals surface area (Å²) in [5.74, 6) is 0.704. The Morgan fingerprint density at radius 1 is 1.62 bits per heavy atom. The van der Waals surface area contributed by atoms with E-state index < -0.39 is 0 Å². The van der Waals surface area contributed by atoms with Crippen molar-refractivity contribution < 1.29 is 5.11 Å². The van der Waals surface area contributed by atoms with E-state index in [1.807, 2.05) is 13.8 Å². The van der Waals surface area contributed by atoms with Crippen LogP contribution in [0.3, 0.4) is 0 Å².